The van der Waals surface area contributed by atoms with Gasteiger partial charge in [-0.1, -0.05) is 37.3 Å². The molecule has 0 aliphatic rings. The lowest BCUT2D eigenvalue weighted by molar-refractivity contribution is 0.601. The number of hydrogen-bond acceptors (Lipinski definition) is 4. The van der Waals surface area contributed by atoms with Gasteiger partial charge in [-0.3, -0.25) is 0 Å². The number of hydrogen-bond donors (Lipinski definition) is 2. The molecular formula is C19H28IN3O2S2. The van der Waals surface area contributed by atoms with Crippen LogP contribution in [0.25, 0.3) is 0 Å². The van der Waals surface area contributed by atoms with Crippen molar-refractivity contribution in [3.8, 4) is 0 Å². The van der Waals surface area contributed by atoms with Gasteiger partial charge in [0.15, 0.2) is 15.8 Å². The Morgan fingerprint density at radius 2 is 1.81 bits per heavy atom. The second-order valence-corrected chi connectivity index (χ2v) is 9.50. The summed E-state index contributed by atoms with van der Waals surface area (Å²) in [7, 11) is -3.00. The Balaban J connectivity index is 0.00000364. The molecule has 0 aliphatic heterocycles. The SMILES string of the molecule is CCNC(=NCc1ccc(CS(C)(=O)=O)cc1)NCC(C)c1cccs1.I. The van der Waals surface area contributed by atoms with Gasteiger partial charge in [0.1, 0.15) is 0 Å². The van der Waals surface area contributed by atoms with Crippen molar-refractivity contribution < 1.29 is 8.42 Å². The predicted molar refractivity (Wildman–Crippen MR) is 126 cm³/mol. The van der Waals surface area contributed by atoms with Crippen LogP contribution in [0, 0.1) is 0 Å². The lowest BCUT2D eigenvalue weighted by Gasteiger charge is -2.15. The van der Waals surface area contributed by atoms with E-state index in [1.54, 1.807) is 11.3 Å². The topological polar surface area (TPSA) is 70.6 Å². The largest absolute Gasteiger partial charge is 0.357 e. The number of halogens is 1. The number of nitrogens with one attached hydrogen (secondary N) is 2. The van der Waals surface area contributed by atoms with E-state index in [0.717, 1.165) is 30.2 Å². The lowest BCUT2D eigenvalue weighted by Crippen LogP contribution is -2.39. The summed E-state index contributed by atoms with van der Waals surface area (Å²) >= 11 is 1.77. The average Bonchev–Trinajstić information content (AvgIpc) is 3.11. The zero-order valence-corrected chi connectivity index (χ0v) is 19.9. The Morgan fingerprint density at radius 3 is 2.37 bits per heavy atom. The van der Waals surface area contributed by atoms with Gasteiger partial charge in [-0.05, 0) is 29.5 Å². The van der Waals surface area contributed by atoms with Crippen molar-refractivity contribution in [3.05, 3.63) is 57.8 Å². The molecule has 0 aliphatic carbocycles. The molecular weight excluding hydrogens is 493 g/mol. The summed E-state index contributed by atoms with van der Waals surface area (Å²) in [4.78, 5) is 5.98. The monoisotopic (exact) mass is 521 g/mol. The molecule has 8 heteroatoms. The highest BCUT2D eigenvalue weighted by molar-refractivity contribution is 14.0. The molecule has 1 aromatic carbocycles. The second kappa shape index (κ2) is 11.7. The molecule has 0 saturated carbocycles. The molecule has 2 aromatic rings. The zero-order valence-electron chi connectivity index (χ0n) is 15.9. The van der Waals surface area contributed by atoms with E-state index in [2.05, 4.69) is 40.1 Å². The number of rotatable bonds is 8. The van der Waals surface area contributed by atoms with Crippen LogP contribution in [0.15, 0.2) is 46.8 Å². The summed E-state index contributed by atoms with van der Waals surface area (Å²) < 4.78 is 22.7. The van der Waals surface area contributed by atoms with Crippen LogP contribution in [0.3, 0.4) is 0 Å². The minimum Gasteiger partial charge on any atom is -0.357 e. The van der Waals surface area contributed by atoms with E-state index in [1.165, 1.54) is 11.1 Å². The molecule has 5 nitrogen and oxygen atoms in total. The number of thiophene rings is 1. The van der Waals surface area contributed by atoms with E-state index in [1.807, 2.05) is 31.2 Å². The highest BCUT2D eigenvalue weighted by atomic mass is 127. The zero-order chi connectivity index (χ0) is 19.0. The van der Waals surface area contributed by atoms with Gasteiger partial charge in [0, 0.05) is 30.1 Å². The summed E-state index contributed by atoms with van der Waals surface area (Å²) in [5.41, 5.74) is 1.85. The highest BCUT2D eigenvalue weighted by Crippen LogP contribution is 2.19. The predicted octanol–water partition coefficient (Wildman–Crippen LogP) is 3.77. The van der Waals surface area contributed by atoms with E-state index in [-0.39, 0.29) is 29.7 Å². The summed E-state index contributed by atoms with van der Waals surface area (Å²) in [6.45, 7) is 6.40. The van der Waals surface area contributed by atoms with E-state index in [9.17, 15) is 8.42 Å². The summed E-state index contributed by atoms with van der Waals surface area (Å²) in [5, 5.41) is 8.74. The van der Waals surface area contributed by atoms with Crippen LogP contribution in [0.2, 0.25) is 0 Å². The lowest BCUT2D eigenvalue weighted by atomic mass is 10.1. The van der Waals surface area contributed by atoms with Gasteiger partial charge >= 0.3 is 0 Å². The third-order valence-electron chi connectivity index (χ3n) is 3.82. The third kappa shape index (κ3) is 9.07. The minimum atomic E-state index is -3.00. The maximum Gasteiger partial charge on any atom is 0.191 e. The normalized spacial score (nSPS) is 12.9. The van der Waals surface area contributed by atoms with Gasteiger partial charge in [-0.15, -0.1) is 35.3 Å². The maximum atomic E-state index is 11.3. The van der Waals surface area contributed by atoms with Crippen LogP contribution in [0.5, 0.6) is 0 Å². The van der Waals surface area contributed by atoms with Crippen molar-refractivity contribution in [1.82, 2.24) is 10.6 Å². The molecule has 0 bridgehead atoms. The summed E-state index contributed by atoms with van der Waals surface area (Å²) in [5.74, 6) is 1.28. The molecule has 1 atom stereocenters. The van der Waals surface area contributed by atoms with E-state index in [0.29, 0.717) is 12.5 Å². The van der Waals surface area contributed by atoms with Crippen LogP contribution in [0.4, 0.5) is 0 Å². The van der Waals surface area contributed by atoms with Crippen molar-refractivity contribution in [2.24, 2.45) is 4.99 Å². The molecule has 0 fully saturated rings. The van der Waals surface area contributed by atoms with Gasteiger partial charge in [0.2, 0.25) is 0 Å². The van der Waals surface area contributed by atoms with Crippen molar-refractivity contribution in [1.29, 1.82) is 0 Å². The van der Waals surface area contributed by atoms with Gasteiger partial charge in [-0.2, -0.15) is 0 Å². The summed E-state index contributed by atoms with van der Waals surface area (Å²) in [6.07, 6.45) is 1.25. The fraction of sp³-hybridized carbons (Fsp3) is 0.421. The van der Waals surface area contributed by atoms with Gasteiger partial charge in [0.05, 0.1) is 12.3 Å². The fourth-order valence-corrected chi connectivity index (χ4v) is 4.06. The highest BCUT2D eigenvalue weighted by Gasteiger charge is 2.08. The first-order chi connectivity index (χ1) is 12.4. The Bertz CT molecular complexity index is 804. The van der Waals surface area contributed by atoms with Gasteiger partial charge < -0.3 is 10.6 Å². The molecule has 1 heterocycles. The van der Waals surface area contributed by atoms with Crippen LogP contribution >= 0.6 is 35.3 Å². The molecule has 0 spiro atoms. The van der Waals surface area contributed by atoms with Gasteiger partial charge in [0.25, 0.3) is 0 Å². The Morgan fingerprint density at radius 1 is 1.15 bits per heavy atom. The number of nitrogens with zero attached hydrogens (tertiary/aromatic N) is 1. The fourth-order valence-electron chi connectivity index (χ4n) is 2.48. The molecule has 150 valence electrons. The van der Waals surface area contributed by atoms with Gasteiger partial charge in [-0.25, -0.2) is 13.4 Å². The molecule has 0 saturated heterocycles. The Labute approximate surface area is 183 Å². The van der Waals surface area contributed by atoms with Crippen molar-refractivity contribution in [3.63, 3.8) is 0 Å². The third-order valence-corrected chi connectivity index (χ3v) is 5.78. The van der Waals surface area contributed by atoms with E-state index >= 15 is 0 Å². The van der Waals surface area contributed by atoms with Crippen LogP contribution < -0.4 is 10.6 Å². The summed E-state index contributed by atoms with van der Waals surface area (Å²) in [6, 6.07) is 11.8. The quantitative estimate of drug-likeness (QED) is 0.315. The van der Waals surface area contributed by atoms with Crippen molar-refractivity contribution in [2.45, 2.75) is 32.1 Å². The molecule has 2 N–H and O–H groups in total. The van der Waals surface area contributed by atoms with Crippen LogP contribution in [-0.2, 0) is 22.1 Å². The second-order valence-electron chi connectivity index (χ2n) is 6.38. The Hall–Kier alpha value is -1.13. The first-order valence-corrected chi connectivity index (χ1v) is 11.6. The number of sulfone groups is 1. The first kappa shape index (κ1) is 23.9. The van der Waals surface area contributed by atoms with Crippen molar-refractivity contribution >= 4 is 51.1 Å². The van der Waals surface area contributed by atoms with E-state index in [4.69, 9.17) is 0 Å². The minimum absolute atomic E-state index is 0. The van der Waals surface area contributed by atoms with E-state index < -0.39 is 9.84 Å². The van der Waals surface area contributed by atoms with Crippen LogP contribution in [0.1, 0.15) is 35.8 Å². The Kier molecular flexibility index (Phi) is 10.3. The molecule has 1 aromatic heterocycles. The number of aliphatic imine (C=N–C) groups is 1. The average molecular weight is 521 g/mol. The molecule has 27 heavy (non-hydrogen) atoms. The first-order valence-electron chi connectivity index (χ1n) is 8.68. The molecule has 0 amide bonds. The smallest absolute Gasteiger partial charge is 0.191 e. The maximum absolute atomic E-state index is 11.3. The molecule has 1 unspecified atom stereocenters. The molecule has 0 radical (unpaired) electrons. The van der Waals surface area contributed by atoms with Crippen LogP contribution in [-0.4, -0.2) is 33.7 Å². The molecule has 2 rings (SSSR count). The standard InChI is InChI=1S/C19H27N3O2S2.HI/c1-4-20-19(21-12-15(2)18-6-5-11-25-18)22-13-16-7-9-17(10-8-16)14-26(3,23)24;/h5-11,15H,4,12-14H2,1-3H3,(H2,20,21,22);1H. The number of benzene rings is 1. The van der Waals surface area contributed by atoms with Crippen molar-refractivity contribution in [2.75, 3.05) is 19.3 Å². The number of guanidine groups is 1.